The first-order valence-corrected chi connectivity index (χ1v) is 10.5. The highest BCUT2D eigenvalue weighted by Gasteiger charge is 2.39. The van der Waals surface area contributed by atoms with Crippen LogP contribution in [-0.4, -0.2) is 68.4 Å². The molecule has 8 nitrogen and oxygen atoms in total. The number of amides is 2. The number of piperazine rings is 1. The van der Waals surface area contributed by atoms with E-state index in [9.17, 15) is 9.59 Å². The molecule has 1 fully saturated rings. The molecule has 0 radical (unpaired) electrons. The zero-order chi connectivity index (χ0) is 21.2. The van der Waals surface area contributed by atoms with Crippen molar-refractivity contribution >= 4 is 17.8 Å². The molecule has 0 saturated carbocycles. The van der Waals surface area contributed by atoms with Crippen LogP contribution >= 0.6 is 0 Å². The molecule has 0 N–H and O–H groups in total. The summed E-state index contributed by atoms with van der Waals surface area (Å²) >= 11 is 0. The number of fused-ring (bicyclic) bond motifs is 1. The van der Waals surface area contributed by atoms with E-state index < -0.39 is 6.04 Å². The van der Waals surface area contributed by atoms with Crippen LogP contribution < -0.4 is 4.90 Å². The minimum absolute atomic E-state index is 0.00254. The molecule has 2 amide bonds. The maximum atomic E-state index is 13.5. The quantitative estimate of drug-likeness (QED) is 0.647. The van der Waals surface area contributed by atoms with E-state index in [0.29, 0.717) is 50.9 Å². The molecule has 31 heavy (non-hydrogen) atoms. The monoisotopic (exact) mass is 416 g/mol. The third kappa shape index (κ3) is 3.76. The van der Waals surface area contributed by atoms with Crippen molar-refractivity contribution in [3.8, 4) is 0 Å². The first-order valence-electron chi connectivity index (χ1n) is 10.5. The first-order chi connectivity index (χ1) is 15.2. The molecular formula is C23H24N6O2. The normalized spacial score (nSPS) is 18.8. The zero-order valence-electron chi connectivity index (χ0n) is 17.2. The number of aromatic nitrogens is 3. The van der Waals surface area contributed by atoms with Crippen LogP contribution in [0, 0.1) is 0 Å². The molecule has 3 aromatic rings. The van der Waals surface area contributed by atoms with Crippen molar-refractivity contribution < 1.29 is 9.59 Å². The molecule has 1 atom stereocenters. The first kappa shape index (κ1) is 19.3. The summed E-state index contributed by atoms with van der Waals surface area (Å²) < 4.78 is 1.89. The van der Waals surface area contributed by atoms with Gasteiger partial charge < -0.3 is 19.3 Å². The minimum Gasteiger partial charge on any atom is -0.341 e. The number of carbonyl (C=O) groups excluding carboxylic acids is 2. The van der Waals surface area contributed by atoms with E-state index in [1.54, 1.807) is 23.4 Å². The lowest BCUT2D eigenvalue weighted by Crippen LogP contribution is -2.59. The van der Waals surface area contributed by atoms with Gasteiger partial charge in [0.1, 0.15) is 11.7 Å². The standard InChI is InChI=1S/C23H24N6O2/c30-21(26-12-14-27(15-13-26)23-24-9-5-10-25-23)20-17-28-11-4-8-19(28)22(31)29(20)16-18-6-2-1-3-7-18/h1-11,20H,12-17H2. The van der Waals surface area contributed by atoms with Gasteiger partial charge in [0.2, 0.25) is 11.9 Å². The van der Waals surface area contributed by atoms with Crippen LogP contribution in [0.25, 0.3) is 0 Å². The van der Waals surface area contributed by atoms with Gasteiger partial charge in [-0.3, -0.25) is 9.59 Å². The maximum Gasteiger partial charge on any atom is 0.271 e. The van der Waals surface area contributed by atoms with E-state index in [4.69, 9.17) is 0 Å². The van der Waals surface area contributed by atoms with Crippen molar-refractivity contribution in [1.29, 1.82) is 0 Å². The Morgan fingerprint density at radius 3 is 2.42 bits per heavy atom. The van der Waals surface area contributed by atoms with E-state index in [2.05, 4.69) is 14.9 Å². The molecule has 2 aliphatic rings. The van der Waals surface area contributed by atoms with Crippen LogP contribution in [0.5, 0.6) is 0 Å². The topological polar surface area (TPSA) is 74.6 Å². The van der Waals surface area contributed by atoms with E-state index in [1.807, 2.05) is 58.1 Å². The molecule has 1 saturated heterocycles. The second kappa shape index (κ2) is 8.22. The number of hydrogen-bond acceptors (Lipinski definition) is 5. The summed E-state index contributed by atoms with van der Waals surface area (Å²) in [5.41, 5.74) is 1.64. The summed E-state index contributed by atoms with van der Waals surface area (Å²) in [6.45, 7) is 3.40. The maximum absolute atomic E-state index is 13.5. The van der Waals surface area contributed by atoms with Gasteiger partial charge in [0.15, 0.2) is 0 Å². The molecule has 4 heterocycles. The fourth-order valence-corrected chi connectivity index (χ4v) is 4.31. The minimum atomic E-state index is -0.521. The predicted octanol–water partition coefficient (Wildman–Crippen LogP) is 1.65. The molecule has 0 aliphatic carbocycles. The van der Waals surface area contributed by atoms with Crippen LogP contribution in [0.15, 0.2) is 67.1 Å². The lowest BCUT2D eigenvalue weighted by molar-refractivity contribution is -0.137. The molecule has 0 bridgehead atoms. The van der Waals surface area contributed by atoms with E-state index in [-0.39, 0.29) is 11.8 Å². The second-order valence-electron chi connectivity index (χ2n) is 7.84. The fourth-order valence-electron chi connectivity index (χ4n) is 4.31. The van der Waals surface area contributed by atoms with Gasteiger partial charge in [0.25, 0.3) is 5.91 Å². The number of nitrogens with zero attached hydrogens (tertiary/aromatic N) is 6. The fraction of sp³-hybridized carbons (Fsp3) is 0.304. The number of benzene rings is 1. The Morgan fingerprint density at radius 1 is 0.935 bits per heavy atom. The molecule has 1 unspecified atom stereocenters. The average molecular weight is 416 g/mol. The van der Waals surface area contributed by atoms with Gasteiger partial charge in [-0.15, -0.1) is 0 Å². The van der Waals surface area contributed by atoms with Gasteiger partial charge >= 0.3 is 0 Å². The van der Waals surface area contributed by atoms with Crippen LogP contribution in [0.3, 0.4) is 0 Å². The van der Waals surface area contributed by atoms with Gasteiger partial charge in [-0.2, -0.15) is 0 Å². The van der Waals surface area contributed by atoms with Gasteiger partial charge in [-0.1, -0.05) is 30.3 Å². The Balaban J connectivity index is 1.34. The third-order valence-electron chi connectivity index (χ3n) is 5.96. The summed E-state index contributed by atoms with van der Waals surface area (Å²) in [7, 11) is 0. The van der Waals surface area contributed by atoms with Crippen molar-refractivity contribution in [1.82, 2.24) is 24.3 Å². The van der Waals surface area contributed by atoms with Crippen molar-refractivity contribution in [3.63, 3.8) is 0 Å². The van der Waals surface area contributed by atoms with Crippen LogP contribution in [-0.2, 0) is 17.9 Å². The molecule has 8 heteroatoms. The lowest BCUT2D eigenvalue weighted by Gasteiger charge is -2.41. The van der Waals surface area contributed by atoms with Crippen LogP contribution in [0.2, 0.25) is 0 Å². The Labute approximate surface area is 180 Å². The van der Waals surface area contributed by atoms with Crippen molar-refractivity contribution in [2.45, 2.75) is 19.1 Å². The Kier molecular flexibility index (Phi) is 5.11. The summed E-state index contributed by atoms with van der Waals surface area (Å²) in [5.74, 6) is 0.581. The van der Waals surface area contributed by atoms with Crippen LogP contribution in [0.1, 0.15) is 16.1 Å². The second-order valence-corrected chi connectivity index (χ2v) is 7.84. The van der Waals surface area contributed by atoms with Crippen molar-refractivity contribution in [2.75, 3.05) is 31.1 Å². The predicted molar refractivity (Wildman–Crippen MR) is 115 cm³/mol. The van der Waals surface area contributed by atoms with Gasteiger partial charge in [-0.25, -0.2) is 9.97 Å². The third-order valence-corrected chi connectivity index (χ3v) is 5.96. The number of hydrogen-bond donors (Lipinski definition) is 0. The molecule has 2 aliphatic heterocycles. The Bertz CT molecular complexity index is 1060. The highest BCUT2D eigenvalue weighted by Crippen LogP contribution is 2.23. The summed E-state index contributed by atoms with van der Waals surface area (Å²) in [5, 5.41) is 0. The lowest BCUT2D eigenvalue weighted by atomic mass is 10.1. The van der Waals surface area contributed by atoms with E-state index in [1.165, 1.54) is 0 Å². The SMILES string of the molecule is O=C(C1Cn2cccc2C(=O)N1Cc1ccccc1)N1CCN(c2ncccn2)CC1. The van der Waals surface area contributed by atoms with Crippen LogP contribution in [0.4, 0.5) is 5.95 Å². The zero-order valence-corrected chi connectivity index (χ0v) is 17.2. The molecular weight excluding hydrogens is 392 g/mol. The number of rotatable bonds is 4. The number of carbonyl (C=O) groups is 2. The summed E-state index contributed by atoms with van der Waals surface area (Å²) in [6, 6.07) is 14.8. The smallest absolute Gasteiger partial charge is 0.271 e. The average Bonchev–Trinajstić information content (AvgIpc) is 3.31. The highest BCUT2D eigenvalue weighted by molar-refractivity contribution is 5.97. The Morgan fingerprint density at radius 2 is 1.68 bits per heavy atom. The summed E-state index contributed by atoms with van der Waals surface area (Å²) in [4.78, 5) is 41.1. The van der Waals surface area contributed by atoms with E-state index in [0.717, 1.165) is 5.56 Å². The van der Waals surface area contributed by atoms with Gasteiger partial charge in [0, 0.05) is 51.3 Å². The van der Waals surface area contributed by atoms with Crippen molar-refractivity contribution in [3.05, 3.63) is 78.4 Å². The molecule has 2 aromatic heterocycles. The van der Waals surface area contributed by atoms with E-state index >= 15 is 0 Å². The van der Waals surface area contributed by atoms with Crippen molar-refractivity contribution in [2.24, 2.45) is 0 Å². The molecule has 0 spiro atoms. The van der Waals surface area contributed by atoms with Gasteiger partial charge in [0.05, 0.1) is 6.54 Å². The molecule has 5 rings (SSSR count). The summed E-state index contributed by atoms with van der Waals surface area (Å²) in [6.07, 6.45) is 5.32. The largest absolute Gasteiger partial charge is 0.341 e. The molecule has 1 aromatic carbocycles. The highest BCUT2D eigenvalue weighted by atomic mass is 16.2. The molecule has 158 valence electrons. The van der Waals surface area contributed by atoms with Gasteiger partial charge in [-0.05, 0) is 23.8 Å². The Hall–Kier alpha value is -3.68. The number of anilines is 1.